The number of H-pyrrole nitrogens is 1. The Kier molecular flexibility index (Phi) is 3.31. The number of benzene rings is 2. The second-order valence-corrected chi connectivity index (χ2v) is 6.76. The van der Waals surface area contributed by atoms with Crippen LogP contribution in [0.3, 0.4) is 0 Å². The van der Waals surface area contributed by atoms with E-state index >= 15 is 0 Å². The zero-order valence-corrected chi connectivity index (χ0v) is 12.3. The molecule has 6 heteroatoms. The minimum Gasteiger partial charge on any atom is -0.345 e. The van der Waals surface area contributed by atoms with Gasteiger partial charge in [0.05, 0.1) is 15.5 Å². The van der Waals surface area contributed by atoms with Gasteiger partial charge < -0.3 is 4.98 Å². The first-order valence-electron chi connectivity index (χ1n) is 6.11. The maximum Gasteiger partial charge on any atom is 0.222 e. The van der Waals surface area contributed by atoms with Crippen LogP contribution in [0.15, 0.2) is 58.5 Å². The molecule has 1 aromatic heterocycles. The molecule has 4 nitrogen and oxygen atoms in total. The number of hydrogen-bond acceptors (Lipinski definition) is 3. The molecule has 1 heterocycles. The Bertz CT molecular complexity index is 930. The topological polar surface area (TPSA) is 67.0 Å². The van der Waals surface area contributed by atoms with Crippen molar-refractivity contribution in [1.29, 1.82) is 0 Å². The fraction of sp³-hybridized carbons (Fsp3) is 0. The molecule has 0 amide bonds. The Labute approximate surface area is 126 Å². The molecule has 2 aromatic carbocycles. The molecule has 1 N–H and O–H groups in total. The Balaban J connectivity index is 2.36. The van der Waals surface area contributed by atoms with E-state index in [0.29, 0.717) is 22.2 Å². The Hall–Kier alpha value is -2.11. The normalized spacial score (nSPS) is 11.7. The van der Waals surface area contributed by atoms with Gasteiger partial charge in [-0.1, -0.05) is 35.9 Å². The summed E-state index contributed by atoms with van der Waals surface area (Å²) in [7, 11) is -3.81. The van der Waals surface area contributed by atoms with Crippen molar-refractivity contribution in [3.63, 3.8) is 0 Å². The third kappa shape index (κ3) is 2.14. The van der Waals surface area contributed by atoms with Crippen LogP contribution in [0.4, 0.5) is 0 Å². The van der Waals surface area contributed by atoms with E-state index in [0.717, 1.165) is 0 Å². The molecule has 0 aliphatic rings. The van der Waals surface area contributed by atoms with Crippen molar-refractivity contribution >= 4 is 38.6 Å². The van der Waals surface area contributed by atoms with Gasteiger partial charge in [0.25, 0.3) is 0 Å². The summed E-state index contributed by atoms with van der Waals surface area (Å²) < 4.78 is 25.3. The SMILES string of the molecule is O=Cc1c(S(=O)(=O)c2ccccc2)[nH]c2cccc(Cl)c12. The van der Waals surface area contributed by atoms with E-state index in [1.807, 2.05) is 0 Å². The standard InChI is InChI=1S/C15H10ClNO3S/c16-12-7-4-8-13-14(12)11(9-18)15(17-13)21(19,20)10-5-2-1-3-6-10/h1-9,17H. The highest BCUT2D eigenvalue weighted by atomic mass is 35.5. The van der Waals surface area contributed by atoms with Crippen LogP contribution in [0, 0.1) is 0 Å². The fourth-order valence-electron chi connectivity index (χ4n) is 2.25. The third-order valence-electron chi connectivity index (χ3n) is 3.22. The summed E-state index contributed by atoms with van der Waals surface area (Å²) >= 11 is 6.08. The number of rotatable bonds is 3. The number of aromatic amines is 1. The molecule has 0 radical (unpaired) electrons. The molecule has 3 rings (SSSR count). The quantitative estimate of drug-likeness (QED) is 0.752. The zero-order chi connectivity index (χ0) is 15.0. The van der Waals surface area contributed by atoms with E-state index in [2.05, 4.69) is 4.98 Å². The summed E-state index contributed by atoms with van der Waals surface area (Å²) in [4.78, 5) is 14.3. The van der Waals surface area contributed by atoms with Gasteiger partial charge in [-0.2, -0.15) is 0 Å². The summed E-state index contributed by atoms with van der Waals surface area (Å²) in [5.74, 6) is 0. The number of aldehydes is 1. The average Bonchev–Trinajstić information content (AvgIpc) is 2.89. The van der Waals surface area contributed by atoms with Gasteiger partial charge in [-0.05, 0) is 24.3 Å². The zero-order valence-electron chi connectivity index (χ0n) is 10.7. The smallest absolute Gasteiger partial charge is 0.222 e. The van der Waals surface area contributed by atoms with Crippen LogP contribution in [0.25, 0.3) is 10.9 Å². The van der Waals surface area contributed by atoms with E-state index in [1.165, 1.54) is 12.1 Å². The molecule has 0 saturated carbocycles. The summed E-state index contributed by atoms with van der Waals surface area (Å²) in [6, 6.07) is 12.9. The van der Waals surface area contributed by atoms with Crippen molar-refractivity contribution in [2.24, 2.45) is 0 Å². The highest BCUT2D eigenvalue weighted by Gasteiger charge is 2.25. The molecule has 0 aliphatic heterocycles. The van der Waals surface area contributed by atoms with Gasteiger partial charge in [0, 0.05) is 10.9 Å². The van der Waals surface area contributed by atoms with E-state index in [9.17, 15) is 13.2 Å². The molecule has 3 aromatic rings. The van der Waals surface area contributed by atoms with E-state index in [1.54, 1.807) is 36.4 Å². The van der Waals surface area contributed by atoms with Crippen molar-refractivity contribution in [3.05, 3.63) is 59.1 Å². The van der Waals surface area contributed by atoms with Crippen molar-refractivity contribution < 1.29 is 13.2 Å². The number of nitrogens with one attached hydrogen (secondary N) is 1. The second kappa shape index (κ2) is 5.02. The van der Waals surface area contributed by atoms with Gasteiger partial charge >= 0.3 is 0 Å². The number of aromatic nitrogens is 1. The molecule has 106 valence electrons. The van der Waals surface area contributed by atoms with Crippen LogP contribution in [-0.4, -0.2) is 19.7 Å². The molecule has 21 heavy (non-hydrogen) atoms. The van der Waals surface area contributed by atoms with Crippen molar-refractivity contribution in [2.45, 2.75) is 9.92 Å². The average molecular weight is 320 g/mol. The second-order valence-electron chi connectivity index (χ2n) is 4.46. The summed E-state index contributed by atoms with van der Waals surface area (Å²) in [5, 5.41) is 0.621. The van der Waals surface area contributed by atoms with Crippen molar-refractivity contribution in [2.75, 3.05) is 0 Å². The van der Waals surface area contributed by atoms with Gasteiger partial charge in [-0.15, -0.1) is 0 Å². The summed E-state index contributed by atoms with van der Waals surface area (Å²) in [6.45, 7) is 0. The van der Waals surface area contributed by atoms with E-state index in [4.69, 9.17) is 11.6 Å². The lowest BCUT2D eigenvalue weighted by molar-refractivity contribution is 0.112. The van der Waals surface area contributed by atoms with E-state index < -0.39 is 9.84 Å². The minimum atomic E-state index is -3.81. The van der Waals surface area contributed by atoms with Crippen molar-refractivity contribution in [3.8, 4) is 0 Å². The number of fused-ring (bicyclic) bond motifs is 1. The maximum atomic E-state index is 12.7. The lowest BCUT2D eigenvalue weighted by atomic mass is 10.2. The monoisotopic (exact) mass is 319 g/mol. The molecule has 0 spiro atoms. The van der Waals surface area contributed by atoms with Crippen LogP contribution in [0.2, 0.25) is 5.02 Å². The largest absolute Gasteiger partial charge is 0.345 e. The number of halogens is 1. The molecule has 0 bridgehead atoms. The number of carbonyl (C=O) groups excluding carboxylic acids is 1. The number of sulfone groups is 1. The molecule has 0 aliphatic carbocycles. The van der Waals surface area contributed by atoms with Gasteiger partial charge in [-0.25, -0.2) is 8.42 Å². The van der Waals surface area contributed by atoms with Gasteiger partial charge in [0.2, 0.25) is 9.84 Å². The highest BCUT2D eigenvalue weighted by molar-refractivity contribution is 7.91. The maximum absolute atomic E-state index is 12.7. The molecule has 0 atom stereocenters. The van der Waals surface area contributed by atoms with Gasteiger partial charge in [0.15, 0.2) is 6.29 Å². The Morgan fingerprint density at radius 2 is 1.71 bits per heavy atom. The molecular formula is C15H10ClNO3S. The lowest BCUT2D eigenvalue weighted by Gasteiger charge is -2.02. The first-order valence-corrected chi connectivity index (χ1v) is 7.97. The summed E-state index contributed by atoms with van der Waals surface area (Å²) in [6.07, 6.45) is 0.514. The van der Waals surface area contributed by atoms with Crippen LogP contribution < -0.4 is 0 Å². The van der Waals surface area contributed by atoms with Crippen LogP contribution in [-0.2, 0) is 9.84 Å². The molecular weight excluding hydrogens is 310 g/mol. The molecule has 0 unspecified atom stereocenters. The predicted molar refractivity (Wildman–Crippen MR) is 80.6 cm³/mol. The number of carbonyl (C=O) groups is 1. The summed E-state index contributed by atoms with van der Waals surface area (Å²) in [5.41, 5.74) is 0.568. The lowest BCUT2D eigenvalue weighted by Crippen LogP contribution is -2.04. The first kappa shape index (κ1) is 13.9. The van der Waals surface area contributed by atoms with Crippen LogP contribution >= 0.6 is 11.6 Å². The minimum absolute atomic E-state index is 0.0550. The third-order valence-corrected chi connectivity index (χ3v) is 5.28. The molecule has 0 saturated heterocycles. The molecule has 0 fully saturated rings. The Morgan fingerprint density at radius 3 is 2.38 bits per heavy atom. The van der Waals surface area contributed by atoms with Crippen LogP contribution in [0.1, 0.15) is 10.4 Å². The first-order chi connectivity index (χ1) is 10.1. The van der Waals surface area contributed by atoms with Gasteiger partial charge in [-0.3, -0.25) is 4.79 Å². The van der Waals surface area contributed by atoms with Crippen LogP contribution in [0.5, 0.6) is 0 Å². The predicted octanol–water partition coefficient (Wildman–Crippen LogP) is 3.47. The van der Waals surface area contributed by atoms with E-state index in [-0.39, 0.29) is 15.5 Å². The Morgan fingerprint density at radius 1 is 1.00 bits per heavy atom. The van der Waals surface area contributed by atoms with Gasteiger partial charge in [0.1, 0.15) is 5.03 Å². The fourth-order valence-corrected chi connectivity index (χ4v) is 3.96. The van der Waals surface area contributed by atoms with Crippen molar-refractivity contribution in [1.82, 2.24) is 4.98 Å². The number of hydrogen-bond donors (Lipinski definition) is 1. The highest BCUT2D eigenvalue weighted by Crippen LogP contribution is 2.32.